The largest absolute Gasteiger partial charge is 0.476 e. The maximum absolute atomic E-state index is 11.0. The van der Waals surface area contributed by atoms with E-state index in [1.807, 2.05) is 6.07 Å². The molecule has 0 saturated carbocycles. The van der Waals surface area contributed by atoms with Crippen molar-refractivity contribution in [2.45, 2.75) is 27.2 Å². The molecule has 5 nitrogen and oxygen atoms in total. The number of carboxylic acids is 1. The average molecular weight is 233 g/mol. The molecule has 0 bridgehead atoms. The van der Waals surface area contributed by atoms with E-state index in [9.17, 15) is 4.79 Å². The summed E-state index contributed by atoms with van der Waals surface area (Å²) in [5.74, 6) is 0.0970. The molecule has 0 spiro atoms. The van der Waals surface area contributed by atoms with Crippen LogP contribution in [0.1, 0.15) is 35.9 Å². The fourth-order valence-corrected chi connectivity index (χ4v) is 1.84. The van der Waals surface area contributed by atoms with Crippen LogP contribution >= 0.6 is 0 Å². The van der Waals surface area contributed by atoms with Crippen molar-refractivity contribution in [3.63, 3.8) is 0 Å². The van der Waals surface area contributed by atoms with Crippen molar-refractivity contribution in [3.05, 3.63) is 29.3 Å². The first-order valence-electron chi connectivity index (χ1n) is 5.57. The molecule has 0 unspecified atom stereocenters. The molecule has 2 aromatic heterocycles. The lowest BCUT2D eigenvalue weighted by Crippen LogP contribution is -2.03. The fourth-order valence-electron chi connectivity index (χ4n) is 1.84. The molecule has 90 valence electrons. The Morgan fingerprint density at radius 2 is 2.18 bits per heavy atom. The minimum Gasteiger partial charge on any atom is -0.476 e. The summed E-state index contributed by atoms with van der Waals surface area (Å²) in [4.78, 5) is 15.0. The van der Waals surface area contributed by atoms with Gasteiger partial charge >= 0.3 is 5.97 Å². The number of rotatable bonds is 3. The Morgan fingerprint density at radius 3 is 2.76 bits per heavy atom. The summed E-state index contributed by atoms with van der Waals surface area (Å²) in [6.07, 6.45) is 0.871. The lowest BCUT2D eigenvalue weighted by atomic mass is 10.1. The van der Waals surface area contributed by atoms with Gasteiger partial charge in [0.25, 0.3) is 0 Å². The Morgan fingerprint density at radius 1 is 1.47 bits per heavy atom. The topological polar surface area (TPSA) is 67.5 Å². The second-order valence-corrected chi connectivity index (χ2v) is 4.53. The third-order valence-electron chi connectivity index (χ3n) is 2.53. The standard InChI is InChI=1S/C12H15N3O2/c1-7(2)6-9-4-5-10-11(12(16)17)13-8(3)15(10)14-9/h4-5,7H,6H2,1-3H3,(H,16,17). The van der Waals surface area contributed by atoms with Crippen LogP contribution in [-0.2, 0) is 6.42 Å². The summed E-state index contributed by atoms with van der Waals surface area (Å²) in [7, 11) is 0. The van der Waals surface area contributed by atoms with Crippen molar-refractivity contribution in [2.75, 3.05) is 0 Å². The summed E-state index contributed by atoms with van der Waals surface area (Å²) < 4.78 is 1.60. The van der Waals surface area contributed by atoms with Crippen molar-refractivity contribution in [2.24, 2.45) is 5.92 Å². The molecule has 0 aliphatic heterocycles. The molecule has 0 amide bonds. The van der Waals surface area contributed by atoms with E-state index in [1.165, 1.54) is 0 Å². The molecule has 0 aliphatic carbocycles. The number of imidazole rings is 1. The van der Waals surface area contributed by atoms with Crippen LogP contribution in [-0.4, -0.2) is 25.7 Å². The van der Waals surface area contributed by atoms with E-state index in [-0.39, 0.29) is 5.69 Å². The molecule has 5 heteroatoms. The van der Waals surface area contributed by atoms with Gasteiger partial charge in [0.1, 0.15) is 5.82 Å². The van der Waals surface area contributed by atoms with E-state index in [0.29, 0.717) is 17.3 Å². The summed E-state index contributed by atoms with van der Waals surface area (Å²) in [6.45, 7) is 6.00. The summed E-state index contributed by atoms with van der Waals surface area (Å²) in [5, 5.41) is 13.4. The van der Waals surface area contributed by atoms with Gasteiger partial charge in [-0.15, -0.1) is 0 Å². The van der Waals surface area contributed by atoms with Crippen LogP contribution in [0.4, 0.5) is 0 Å². The monoisotopic (exact) mass is 233 g/mol. The van der Waals surface area contributed by atoms with Gasteiger partial charge in [-0.3, -0.25) is 0 Å². The van der Waals surface area contributed by atoms with E-state index in [4.69, 9.17) is 5.11 Å². The van der Waals surface area contributed by atoms with Crippen molar-refractivity contribution < 1.29 is 9.90 Å². The van der Waals surface area contributed by atoms with Crippen LogP contribution in [0.25, 0.3) is 5.52 Å². The highest BCUT2D eigenvalue weighted by Crippen LogP contribution is 2.13. The van der Waals surface area contributed by atoms with Crippen molar-refractivity contribution in [3.8, 4) is 0 Å². The zero-order chi connectivity index (χ0) is 12.6. The Hall–Kier alpha value is -1.91. The minimum atomic E-state index is -1.02. The summed E-state index contributed by atoms with van der Waals surface area (Å²) in [5.41, 5.74) is 1.55. The number of fused-ring (bicyclic) bond motifs is 1. The number of aromatic nitrogens is 3. The van der Waals surface area contributed by atoms with E-state index in [0.717, 1.165) is 12.1 Å². The number of hydrogen-bond acceptors (Lipinski definition) is 3. The Bertz CT molecular complexity index is 572. The average Bonchev–Trinajstić information content (AvgIpc) is 2.55. The van der Waals surface area contributed by atoms with Gasteiger partial charge in [-0.1, -0.05) is 13.8 Å². The molecule has 1 N–H and O–H groups in total. The highest BCUT2D eigenvalue weighted by Gasteiger charge is 2.15. The number of aryl methyl sites for hydroxylation is 1. The van der Waals surface area contributed by atoms with Gasteiger partial charge in [-0.05, 0) is 31.4 Å². The molecule has 0 atom stereocenters. The van der Waals surface area contributed by atoms with Crippen LogP contribution in [0.3, 0.4) is 0 Å². The lowest BCUT2D eigenvalue weighted by molar-refractivity contribution is 0.0693. The van der Waals surface area contributed by atoms with E-state index < -0.39 is 5.97 Å². The van der Waals surface area contributed by atoms with Gasteiger partial charge in [-0.2, -0.15) is 5.10 Å². The molecular formula is C12H15N3O2. The van der Waals surface area contributed by atoms with Crippen LogP contribution in [0, 0.1) is 12.8 Å². The predicted octanol–water partition coefficient (Wildman–Crippen LogP) is 1.93. The molecule has 0 aromatic carbocycles. The van der Waals surface area contributed by atoms with E-state index >= 15 is 0 Å². The fraction of sp³-hybridized carbons (Fsp3) is 0.417. The molecule has 2 heterocycles. The first-order chi connectivity index (χ1) is 7.99. The molecule has 0 aliphatic rings. The van der Waals surface area contributed by atoms with E-state index in [1.54, 1.807) is 17.5 Å². The van der Waals surface area contributed by atoms with Crippen LogP contribution in [0.2, 0.25) is 0 Å². The van der Waals surface area contributed by atoms with E-state index in [2.05, 4.69) is 23.9 Å². The Balaban J connectivity index is 2.55. The number of carboxylic acid groups (broad SMARTS) is 1. The van der Waals surface area contributed by atoms with Gasteiger partial charge in [0.15, 0.2) is 5.69 Å². The van der Waals surface area contributed by atoms with Gasteiger partial charge in [-0.25, -0.2) is 14.3 Å². The molecular weight excluding hydrogens is 218 g/mol. The third-order valence-corrected chi connectivity index (χ3v) is 2.53. The van der Waals surface area contributed by atoms with Gasteiger partial charge in [0, 0.05) is 0 Å². The molecule has 0 fully saturated rings. The predicted molar refractivity (Wildman–Crippen MR) is 63.2 cm³/mol. The number of aromatic carboxylic acids is 1. The van der Waals surface area contributed by atoms with Crippen molar-refractivity contribution in [1.82, 2.24) is 14.6 Å². The first kappa shape index (κ1) is 11.6. The maximum Gasteiger partial charge on any atom is 0.356 e. The number of carbonyl (C=O) groups is 1. The van der Waals surface area contributed by atoms with Crippen molar-refractivity contribution >= 4 is 11.5 Å². The molecule has 17 heavy (non-hydrogen) atoms. The second kappa shape index (κ2) is 4.16. The van der Waals surface area contributed by atoms with Gasteiger partial charge < -0.3 is 5.11 Å². The number of nitrogens with zero attached hydrogens (tertiary/aromatic N) is 3. The summed E-state index contributed by atoms with van der Waals surface area (Å²) in [6, 6.07) is 3.64. The van der Waals surface area contributed by atoms with Crippen molar-refractivity contribution in [1.29, 1.82) is 0 Å². The zero-order valence-corrected chi connectivity index (χ0v) is 10.1. The Labute approximate surface area is 99.1 Å². The zero-order valence-electron chi connectivity index (χ0n) is 10.1. The highest BCUT2D eigenvalue weighted by atomic mass is 16.4. The first-order valence-corrected chi connectivity index (χ1v) is 5.57. The molecule has 0 saturated heterocycles. The van der Waals surface area contributed by atoms with Crippen LogP contribution in [0.5, 0.6) is 0 Å². The third kappa shape index (κ3) is 2.13. The normalized spacial score (nSPS) is 11.3. The Kier molecular flexibility index (Phi) is 2.83. The smallest absolute Gasteiger partial charge is 0.356 e. The van der Waals surface area contributed by atoms with Gasteiger partial charge in [0.05, 0.1) is 11.2 Å². The minimum absolute atomic E-state index is 0.0612. The maximum atomic E-state index is 11.0. The molecule has 0 radical (unpaired) electrons. The second-order valence-electron chi connectivity index (χ2n) is 4.53. The highest BCUT2D eigenvalue weighted by molar-refractivity contribution is 5.93. The SMILES string of the molecule is Cc1nc(C(=O)O)c2ccc(CC(C)C)nn12. The molecule has 2 rings (SSSR count). The van der Waals surface area contributed by atoms with Crippen LogP contribution < -0.4 is 0 Å². The molecule has 2 aromatic rings. The van der Waals surface area contributed by atoms with Gasteiger partial charge in [0.2, 0.25) is 0 Å². The van der Waals surface area contributed by atoms with Crippen LogP contribution in [0.15, 0.2) is 12.1 Å². The number of hydrogen-bond donors (Lipinski definition) is 1. The summed E-state index contributed by atoms with van der Waals surface area (Å²) >= 11 is 0. The lowest BCUT2D eigenvalue weighted by Gasteiger charge is -2.04. The quantitative estimate of drug-likeness (QED) is 0.879.